The van der Waals surface area contributed by atoms with Crippen LogP contribution in [-0.4, -0.2) is 34.2 Å². The van der Waals surface area contributed by atoms with Crippen LogP contribution >= 0.6 is 0 Å². The highest BCUT2D eigenvalue weighted by Gasteiger charge is 2.25. The van der Waals surface area contributed by atoms with Crippen molar-refractivity contribution in [3.8, 4) is 11.1 Å². The second-order valence-electron chi connectivity index (χ2n) is 8.70. The van der Waals surface area contributed by atoms with Crippen LogP contribution in [0, 0.1) is 18.7 Å². The van der Waals surface area contributed by atoms with E-state index in [9.17, 15) is 14.0 Å². The molecule has 7 heteroatoms. The van der Waals surface area contributed by atoms with Gasteiger partial charge >= 0.3 is 0 Å². The summed E-state index contributed by atoms with van der Waals surface area (Å²) in [7, 11) is 0. The van der Waals surface area contributed by atoms with Gasteiger partial charge in [0.05, 0.1) is 11.7 Å². The van der Waals surface area contributed by atoms with Gasteiger partial charge in [-0.25, -0.2) is 4.39 Å². The van der Waals surface area contributed by atoms with E-state index in [-0.39, 0.29) is 24.4 Å². The van der Waals surface area contributed by atoms with Gasteiger partial charge < -0.3 is 10.6 Å². The van der Waals surface area contributed by atoms with Crippen LogP contribution in [-0.2, 0) is 11.3 Å². The average Bonchev–Trinajstić information content (AvgIpc) is 3.68. The fourth-order valence-electron chi connectivity index (χ4n) is 3.76. The Balaban J connectivity index is 1.40. The molecule has 5 rings (SSSR count). The first-order chi connectivity index (χ1) is 15.0. The van der Waals surface area contributed by atoms with E-state index in [4.69, 9.17) is 0 Å². The molecule has 2 aliphatic carbocycles. The van der Waals surface area contributed by atoms with Gasteiger partial charge in [0.25, 0.3) is 5.91 Å². The lowest BCUT2D eigenvalue weighted by atomic mass is 9.96. The maximum Gasteiger partial charge on any atom is 0.251 e. The van der Waals surface area contributed by atoms with Crippen molar-refractivity contribution >= 4 is 22.7 Å². The largest absolute Gasteiger partial charge is 0.354 e. The molecule has 0 unspecified atom stereocenters. The molecule has 0 saturated heterocycles. The van der Waals surface area contributed by atoms with E-state index in [2.05, 4.69) is 15.7 Å². The summed E-state index contributed by atoms with van der Waals surface area (Å²) >= 11 is 0. The highest BCUT2D eigenvalue weighted by Crippen LogP contribution is 2.30. The van der Waals surface area contributed by atoms with Gasteiger partial charge in [-0.1, -0.05) is 6.07 Å². The first-order valence-corrected chi connectivity index (χ1v) is 10.8. The average molecular weight is 420 g/mol. The van der Waals surface area contributed by atoms with Crippen molar-refractivity contribution < 1.29 is 14.0 Å². The molecular formula is C24H25FN4O2. The van der Waals surface area contributed by atoms with Crippen molar-refractivity contribution in [3.63, 3.8) is 0 Å². The Kier molecular flexibility index (Phi) is 4.96. The van der Waals surface area contributed by atoms with Crippen LogP contribution in [0.1, 0.15) is 41.6 Å². The quantitative estimate of drug-likeness (QED) is 0.614. The predicted octanol–water partition coefficient (Wildman–Crippen LogP) is 3.57. The summed E-state index contributed by atoms with van der Waals surface area (Å²) in [5.41, 5.74) is 3.15. The monoisotopic (exact) mass is 420 g/mol. The zero-order valence-electron chi connectivity index (χ0n) is 17.5. The molecule has 2 fully saturated rings. The van der Waals surface area contributed by atoms with E-state index < -0.39 is 5.82 Å². The normalized spacial score (nSPS) is 15.8. The number of nitrogens with one attached hydrogen (secondary N) is 2. The lowest BCUT2D eigenvalue weighted by molar-refractivity contribution is -0.121. The van der Waals surface area contributed by atoms with E-state index in [1.165, 1.54) is 18.9 Å². The molecule has 160 valence electrons. The fourth-order valence-corrected chi connectivity index (χ4v) is 3.76. The molecule has 1 aromatic heterocycles. The molecule has 2 N–H and O–H groups in total. The van der Waals surface area contributed by atoms with Crippen LogP contribution in [0.5, 0.6) is 0 Å². The smallest absolute Gasteiger partial charge is 0.251 e. The molecule has 0 atom stereocenters. The minimum absolute atomic E-state index is 0.0479. The maximum absolute atomic E-state index is 14.6. The molecule has 0 spiro atoms. The van der Waals surface area contributed by atoms with Gasteiger partial charge in [0, 0.05) is 23.5 Å². The van der Waals surface area contributed by atoms with Crippen LogP contribution in [0.4, 0.5) is 4.39 Å². The predicted molar refractivity (Wildman–Crippen MR) is 116 cm³/mol. The molecule has 2 aliphatic rings. The van der Waals surface area contributed by atoms with Crippen molar-refractivity contribution in [3.05, 3.63) is 53.5 Å². The molecule has 2 saturated carbocycles. The molecule has 3 aromatic rings. The molecular weight excluding hydrogens is 395 g/mol. The third-order valence-corrected chi connectivity index (χ3v) is 6.05. The molecule has 31 heavy (non-hydrogen) atoms. The molecule has 0 bridgehead atoms. The number of carbonyl (C=O) groups is 2. The number of rotatable bonds is 7. The van der Waals surface area contributed by atoms with Gasteiger partial charge in [-0.2, -0.15) is 5.10 Å². The zero-order valence-corrected chi connectivity index (χ0v) is 17.5. The first kappa shape index (κ1) is 19.7. The lowest BCUT2D eigenvalue weighted by Gasteiger charge is -2.11. The number of hydrogen-bond donors (Lipinski definition) is 2. The number of fused-ring (bicyclic) bond motifs is 1. The highest BCUT2D eigenvalue weighted by atomic mass is 19.1. The molecule has 0 aliphatic heterocycles. The third-order valence-electron chi connectivity index (χ3n) is 6.05. The van der Waals surface area contributed by atoms with Crippen molar-refractivity contribution in [2.24, 2.45) is 5.92 Å². The Morgan fingerprint density at radius 3 is 2.71 bits per heavy atom. The SMILES string of the molecule is Cc1c(F)cc(C(=O)NC2CC2)cc1-c1ccc2c(cnn2CC(=O)NCC2CC2)c1. The fraction of sp³-hybridized carbons (Fsp3) is 0.375. The number of hydrogen-bond acceptors (Lipinski definition) is 3. The van der Waals surface area contributed by atoms with E-state index in [0.29, 0.717) is 22.6 Å². The molecule has 6 nitrogen and oxygen atoms in total. The zero-order chi connectivity index (χ0) is 21.5. The van der Waals surface area contributed by atoms with Gasteiger partial charge in [-0.15, -0.1) is 0 Å². The first-order valence-electron chi connectivity index (χ1n) is 10.8. The second-order valence-corrected chi connectivity index (χ2v) is 8.70. The van der Waals surface area contributed by atoms with E-state index in [1.54, 1.807) is 23.9 Å². The van der Waals surface area contributed by atoms with Crippen LogP contribution in [0.25, 0.3) is 22.0 Å². The van der Waals surface area contributed by atoms with Crippen molar-refractivity contribution in [2.45, 2.75) is 45.2 Å². The Hall–Kier alpha value is -3.22. The van der Waals surface area contributed by atoms with Gasteiger partial charge in [-0.05, 0) is 79.5 Å². The van der Waals surface area contributed by atoms with Crippen LogP contribution in [0.2, 0.25) is 0 Å². The summed E-state index contributed by atoms with van der Waals surface area (Å²) in [5.74, 6) is -0.0600. The third kappa shape index (κ3) is 4.31. The molecule has 2 aromatic carbocycles. The van der Waals surface area contributed by atoms with Crippen molar-refractivity contribution in [1.82, 2.24) is 20.4 Å². The minimum atomic E-state index is -0.401. The molecule has 1 heterocycles. The molecule has 0 radical (unpaired) electrons. The van der Waals surface area contributed by atoms with Crippen molar-refractivity contribution in [1.29, 1.82) is 0 Å². The Morgan fingerprint density at radius 1 is 1.16 bits per heavy atom. The summed E-state index contributed by atoms with van der Waals surface area (Å²) in [6.45, 7) is 2.61. The number of aromatic nitrogens is 2. The van der Waals surface area contributed by atoms with Gasteiger partial charge in [-0.3, -0.25) is 14.3 Å². The summed E-state index contributed by atoms with van der Waals surface area (Å²) in [6.07, 6.45) is 6.05. The van der Waals surface area contributed by atoms with Crippen molar-refractivity contribution in [2.75, 3.05) is 6.54 Å². The van der Waals surface area contributed by atoms with Crippen LogP contribution in [0.15, 0.2) is 36.5 Å². The summed E-state index contributed by atoms with van der Waals surface area (Å²) in [4.78, 5) is 24.6. The van der Waals surface area contributed by atoms with E-state index in [0.717, 1.165) is 35.9 Å². The summed E-state index contributed by atoms with van der Waals surface area (Å²) in [6, 6.07) is 8.95. The minimum Gasteiger partial charge on any atom is -0.354 e. The number of carbonyl (C=O) groups excluding carboxylic acids is 2. The topological polar surface area (TPSA) is 76.0 Å². The van der Waals surface area contributed by atoms with Gasteiger partial charge in [0.1, 0.15) is 12.4 Å². The highest BCUT2D eigenvalue weighted by molar-refractivity contribution is 5.96. The Labute approximate surface area is 179 Å². The second kappa shape index (κ2) is 7.80. The van der Waals surface area contributed by atoms with Crippen LogP contribution < -0.4 is 10.6 Å². The Morgan fingerprint density at radius 2 is 1.97 bits per heavy atom. The number of halogens is 1. The maximum atomic E-state index is 14.6. The van der Waals surface area contributed by atoms with E-state index in [1.807, 2.05) is 18.2 Å². The van der Waals surface area contributed by atoms with Gasteiger partial charge in [0.2, 0.25) is 5.91 Å². The number of benzene rings is 2. The molecule has 2 amide bonds. The number of nitrogens with zero attached hydrogens (tertiary/aromatic N) is 2. The summed E-state index contributed by atoms with van der Waals surface area (Å²) in [5, 5.41) is 11.1. The lowest BCUT2D eigenvalue weighted by Crippen LogP contribution is -2.29. The Bertz CT molecular complexity index is 1180. The van der Waals surface area contributed by atoms with E-state index >= 15 is 0 Å². The summed E-state index contributed by atoms with van der Waals surface area (Å²) < 4.78 is 16.3. The van der Waals surface area contributed by atoms with Crippen LogP contribution in [0.3, 0.4) is 0 Å². The number of amides is 2. The van der Waals surface area contributed by atoms with Gasteiger partial charge in [0.15, 0.2) is 0 Å². The standard InChI is InChI=1S/C24H25FN4O2/c1-14-20(9-17(10-21(14)25)24(31)28-19-5-6-19)16-4-7-22-18(8-16)12-27-29(22)13-23(30)26-11-15-2-3-15/h4,7-10,12,15,19H,2-3,5-6,11,13H2,1H3,(H,26,30)(H,28,31).